The second-order valence-electron chi connectivity index (χ2n) is 4.12. The van der Waals surface area contributed by atoms with Gasteiger partial charge in [0.25, 0.3) is 0 Å². The lowest BCUT2D eigenvalue weighted by molar-refractivity contribution is 0.280. The van der Waals surface area contributed by atoms with Gasteiger partial charge in [-0.25, -0.2) is 0 Å². The molecule has 0 heterocycles. The molecule has 0 fully saturated rings. The van der Waals surface area contributed by atoms with Crippen molar-refractivity contribution >= 4 is 11.6 Å². The fourth-order valence-electron chi connectivity index (χ4n) is 1.86. The van der Waals surface area contributed by atoms with Crippen LogP contribution < -0.4 is 5.32 Å². The predicted molar refractivity (Wildman–Crippen MR) is 74.4 cm³/mol. The second-order valence-corrected chi connectivity index (χ2v) is 4.53. The van der Waals surface area contributed by atoms with Crippen molar-refractivity contribution in [1.29, 1.82) is 0 Å². The van der Waals surface area contributed by atoms with Gasteiger partial charge < -0.3 is 10.4 Å². The molecule has 3 heteroatoms. The SMILES string of the molecule is OCc1ccccc1CNCc1ccccc1Cl. The predicted octanol–water partition coefficient (Wildman–Crippen LogP) is 3.12. The number of aliphatic hydroxyl groups excluding tert-OH is 1. The van der Waals surface area contributed by atoms with Crippen LogP contribution in [0.3, 0.4) is 0 Å². The van der Waals surface area contributed by atoms with E-state index in [0.717, 1.165) is 34.8 Å². The summed E-state index contributed by atoms with van der Waals surface area (Å²) in [5.41, 5.74) is 3.16. The minimum Gasteiger partial charge on any atom is -0.392 e. The third-order valence-electron chi connectivity index (χ3n) is 2.88. The summed E-state index contributed by atoms with van der Waals surface area (Å²) in [6, 6.07) is 15.7. The molecular formula is C15H16ClNO. The van der Waals surface area contributed by atoms with E-state index in [0.29, 0.717) is 0 Å². The van der Waals surface area contributed by atoms with Gasteiger partial charge in [-0.2, -0.15) is 0 Å². The van der Waals surface area contributed by atoms with Crippen LogP contribution in [0.2, 0.25) is 5.02 Å². The van der Waals surface area contributed by atoms with Crippen molar-refractivity contribution in [1.82, 2.24) is 5.32 Å². The van der Waals surface area contributed by atoms with Crippen molar-refractivity contribution in [2.45, 2.75) is 19.7 Å². The third-order valence-corrected chi connectivity index (χ3v) is 3.25. The zero-order chi connectivity index (χ0) is 12.8. The van der Waals surface area contributed by atoms with Crippen LogP contribution in [-0.4, -0.2) is 5.11 Å². The molecule has 2 aromatic rings. The fraction of sp³-hybridized carbons (Fsp3) is 0.200. The number of hydrogen-bond donors (Lipinski definition) is 2. The van der Waals surface area contributed by atoms with Gasteiger partial charge in [-0.15, -0.1) is 0 Å². The van der Waals surface area contributed by atoms with Gasteiger partial charge in [-0.1, -0.05) is 54.1 Å². The molecule has 0 aliphatic heterocycles. The van der Waals surface area contributed by atoms with Crippen LogP contribution >= 0.6 is 11.6 Å². The Morgan fingerprint density at radius 2 is 1.39 bits per heavy atom. The molecule has 2 aromatic carbocycles. The van der Waals surface area contributed by atoms with Crippen LogP contribution in [0.25, 0.3) is 0 Å². The Hall–Kier alpha value is -1.35. The molecule has 0 aliphatic carbocycles. The number of benzene rings is 2. The van der Waals surface area contributed by atoms with E-state index >= 15 is 0 Å². The van der Waals surface area contributed by atoms with Crippen molar-refractivity contribution in [2.24, 2.45) is 0 Å². The van der Waals surface area contributed by atoms with Gasteiger partial charge in [0.15, 0.2) is 0 Å². The zero-order valence-electron chi connectivity index (χ0n) is 10.1. The Morgan fingerprint density at radius 3 is 2.06 bits per heavy atom. The van der Waals surface area contributed by atoms with Gasteiger partial charge in [0.1, 0.15) is 0 Å². The van der Waals surface area contributed by atoms with Crippen LogP contribution in [-0.2, 0) is 19.7 Å². The van der Waals surface area contributed by atoms with Gasteiger partial charge in [0.05, 0.1) is 6.61 Å². The van der Waals surface area contributed by atoms with Crippen LogP contribution in [0.5, 0.6) is 0 Å². The highest BCUT2D eigenvalue weighted by molar-refractivity contribution is 6.31. The van der Waals surface area contributed by atoms with Crippen LogP contribution in [0.1, 0.15) is 16.7 Å². The van der Waals surface area contributed by atoms with Crippen molar-refractivity contribution in [3.63, 3.8) is 0 Å². The number of hydrogen-bond acceptors (Lipinski definition) is 2. The smallest absolute Gasteiger partial charge is 0.0685 e. The number of nitrogens with one attached hydrogen (secondary N) is 1. The topological polar surface area (TPSA) is 32.3 Å². The molecule has 0 unspecified atom stereocenters. The summed E-state index contributed by atoms with van der Waals surface area (Å²) in [4.78, 5) is 0. The van der Waals surface area contributed by atoms with Crippen molar-refractivity contribution in [2.75, 3.05) is 0 Å². The highest BCUT2D eigenvalue weighted by atomic mass is 35.5. The summed E-state index contributed by atoms with van der Waals surface area (Å²) in [5, 5.41) is 13.3. The summed E-state index contributed by atoms with van der Waals surface area (Å²) in [6.07, 6.45) is 0. The van der Waals surface area contributed by atoms with Gasteiger partial charge in [-0.05, 0) is 22.8 Å². The van der Waals surface area contributed by atoms with Gasteiger partial charge >= 0.3 is 0 Å². The van der Waals surface area contributed by atoms with E-state index in [1.807, 2.05) is 48.5 Å². The first-order valence-electron chi connectivity index (χ1n) is 5.93. The van der Waals surface area contributed by atoms with E-state index in [1.165, 1.54) is 0 Å². The molecule has 2 rings (SSSR count). The van der Waals surface area contributed by atoms with Crippen molar-refractivity contribution < 1.29 is 5.11 Å². The van der Waals surface area contributed by atoms with Crippen LogP contribution in [0.4, 0.5) is 0 Å². The summed E-state index contributed by atoms with van der Waals surface area (Å²) >= 11 is 6.08. The van der Waals surface area contributed by atoms with Gasteiger partial charge in [-0.3, -0.25) is 0 Å². The van der Waals surface area contributed by atoms with E-state index in [4.69, 9.17) is 11.6 Å². The van der Waals surface area contributed by atoms with Gasteiger partial charge in [0, 0.05) is 18.1 Å². The molecule has 2 N–H and O–H groups in total. The number of rotatable bonds is 5. The molecule has 0 radical (unpaired) electrons. The van der Waals surface area contributed by atoms with E-state index in [2.05, 4.69) is 5.32 Å². The largest absolute Gasteiger partial charge is 0.392 e. The minimum absolute atomic E-state index is 0.0734. The quantitative estimate of drug-likeness (QED) is 0.867. The molecule has 0 spiro atoms. The molecule has 0 bridgehead atoms. The lowest BCUT2D eigenvalue weighted by atomic mass is 10.1. The monoisotopic (exact) mass is 261 g/mol. The molecule has 0 atom stereocenters. The third kappa shape index (κ3) is 3.33. The molecule has 0 amide bonds. The molecule has 0 saturated heterocycles. The first kappa shape index (κ1) is 13.1. The standard InChI is InChI=1S/C15H16ClNO/c16-15-8-4-3-6-13(15)10-17-9-12-5-1-2-7-14(12)11-18/h1-8,17-18H,9-11H2. The Kier molecular flexibility index (Phi) is 4.76. The summed E-state index contributed by atoms with van der Waals surface area (Å²) in [7, 11) is 0. The summed E-state index contributed by atoms with van der Waals surface area (Å²) in [6.45, 7) is 1.52. The molecule has 0 aliphatic rings. The van der Waals surface area contributed by atoms with E-state index in [1.54, 1.807) is 0 Å². The molecule has 0 aromatic heterocycles. The second kappa shape index (κ2) is 6.55. The number of aliphatic hydroxyl groups is 1. The maximum absolute atomic E-state index is 9.23. The Bertz CT molecular complexity index is 513. The van der Waals surface area contributed by atoms with Crippen LogP contribution in [0.15, 0.2) is 48.5 Å². The average Bonchev–Trinajstić information content (AvgIpc) is 2.41. The van der Waals surface area contributed by atoms with E-state index < -0.39 is 0 Å². The summed E-state index contributed by atoms with van der Waals surface area (Å²) < 4.78 is 0. The molecule has 94 valence electrons. The molecule has 18 heavy (non-hydrogen) atoms. The zero-order valence-corrected chi connectivity index (χ0v) is 10.8. The lowest BCUT2D eigenvalue weighted by Gasteiger charge is -2.09. The molecule has 2 nitrogen and oxygen atoms in total. The highest BCUT2D eigenvalue weighted by Gasteiger charge is 2.01. The normalized spacial score (nSPS) is 10.6. The summed E-state index contributed by atoms with van der Waals surface area (Å²) in [5.74, 6) is 0. The van der Waals surface area contributed by atoms with E-state index in [9.17, 15) is 5.11 Å². The Balaban J connectivity index is 1.95. The van der Waals surface area contributed by atoms with Crippen molar-refractivity contribution in [3.05, 3.63) is 70.2 Å². The molecular weight excluding hydrogens is 246 g/mol. The number of halogens is 1. The minimum atomic E-state index is 0.0734. The maximum atomic E-state index is 9.23. The lowest BCUT2D eigenvalue weighted by Crippen LogP contribution is -2.14. The van der Waals surface area contributed by atoms with Crippen LogP contribution in [0, 0.1) is 0 Å². The van der Waals surface area contributed by atoms with E-state index in [-0.39, 0.29) is 6.61 Å². The van der Waals surface area contributed by atoms with Crippen molar-refractivity contribution in [3.8, 4) is 0 Å². The first-order chi connectivity index (χ1) is 8.81. The Labute approximate surface area is 112 Å². The Morgan fingerprint density at radius 1 is 0.833 bits per heavy atom. The first-order valence-corrected chi connectivity index (χ1v) is 6.31. The van der Waals surface area contributed by atoms with Gasteiger partial charge in [0.2, 0.25) is 0 Å². The fourth-order valence-corrected chi connectivity index (χ4v) is 2.06. The maximum Gasteiger partial charge on any atom is 0.0685 e. The average molecular weight is 262 g/mol. The molecule has 0 saturated carbocycles. The highest BCUT2D eigenvalue weighted by Crippen LogP contribution is 2.15.